The maximum Gasteiger partial charge on any atom is 0.300 e. The largest absolute Gasteiger partial charge is 0.351 e. The first-order valence-corrected chi connectivity index (χ1v) is 12.7. The number of anilines is 1. The summed E-state index contributed by atoms with van der Waals surface area (Å²) >= 11 is 0. The Bertz CT molecular complexity index is 1600. The highest BCUT2D eigenvalue weighted by Gasteiger charge is 2.38. The van der Waals surface area contributed by atoms with E-state index in [1.54, 1.807) is 0 Å². The van der Waals surface area contributed by atoms with Gasteiger partial charge < -0.3 is 9.88 Å². The zero-order valence-corrected chi connectivity index (χ0v) is 20.0. The highest BCUT2D eigenvalue weighted by atomic mass is 16.1. The molecule has 2 atom stereocenters. The van der Waals surface area contributed by atoms with Crippen molar-refractivity contribution >= 4 is 17.1 Å². The van der Waals surface area contributed by atoms with Gasteiger partial charge in [-0.1, -0.05) is 84.9 Å². The molecule has 0 bridgehead atoms. The van der Waals surface area contributed by atoms with Crippen molar-refractivity contribution in [3.05, 3.63) is 112 Å². The number of nitrogens with one attached hydrogen (secondary N) is 1. The van der Waals surface area contributed by atoms with E-state index in [1.807, 2.05) is 24.3 Å². The number of imidazole rings is 1. The Hall–Kier alpha value is -4.19. The third kappa shape index (κ3) is 3.52. The lowest BCUT2D eigenvalue weighted by Crippen LogP contribution is -2.17. The summed E-state index contributed by atoms with van der Waals surface area (Å²) in [5.74, 6) is 1.56. The highest BCUT2D eigenvalue weighted by Crippen LogP contribution is 2.40. The number of rotatable bonds is 5. The van der Waals surface area contributed by atoms with Gasteiger partial charge in [-0.15, -0.1) is 0 Å². The molecule has 0 radical (unpaired) electrons. The lowest BCUT2D eigenvalue weighted by atomic mass is 10.0. The molecule has 2 aromatic heterocycles. The second-order valence-electron chi connectivity index (χ2n) is 9.87. The van der Waals surface area contributed by atoms with Gasteiger partial charge in [-0.3, -0.25) is 9.36 Å². The normalized spacial score (nSPS) is 18.2. The Morgan fingerprint density at radius 3 is 2.31 bits per heavy atom. The topological polar surface area (TPSA) is 64.7 Å². The van der Waals surface area contributed by atoms with E-state index < -0.39 is 0 Å². The monoisotopic (exact) mass is 473 g/mol. The van der Waals surface area contributed by atoms with Crippen molar-refractivity contribution in [3.8, 4) is 11.1 Å². The van der Waals surface area contributed by atoms with Crippen molar-refractivity contribution in [2.24, 2.45) is 0 Å². The standard InChI is InChI=1S/C30H27N5O/c36-29-27-28(35-25-13-7-12-24(25)31-30(35)33-29)32-26(34(27)19-21-8-3-1-4-9-21)18-20-14-16-23(17-15-20)22-10-5-2-6-11-22/h1-6,8-11,14-17,24-25H,7,12-13,18-19H2,(H,31,33,36)/t24-,25+/m1/s1. The predicted octanol–water partition coefficient (Wildman–Crippen LogP) is 5.42. The van der Waals surface area contributed by atoms with Gasteiger partial charge in [0, 0.05) is 19.0 Å². The summed E-state index contributed by atoms with van der Waals surface area (Å²) in [6, 6.07) is 30.0. The van der Waals surface area contributed by atoms with Gasteiger partial charge in [-0.2, -0.15) is 4.98 Å². The maximum absolute atomic E-state index is 13.3. The summed E-state index contributed by atoms with van der Waals surface area (Å²) in [6.45, 7) is 0.590. The first-order chi connectivity index (χ1) is 17.7. The van der Waals surface area contributed by atoms with Crippen LogP contribution in [0.25, 0.3) is 22.3 Å². The molecule has 6 heteroatoms. The molecule has 0 saturated heterocycles. The highest BCUT2D eigenvalue weighted by molar-refractivity contribution is 5.74. The summed E-state index contributed by atoms with van der Waals surface area (Å²) < 4.78 is 4.28. The molecule has 5 aromatic rings. The summed E-state index contributed by atoms with van der Waals surface area (Å²) in [5.41, 5.74) is 5.85. The van der Waals surface area contributed by atoms with Crippen molar-refractivity contribution < 1.29 is 0 Å². The Balaban J connectivity index is 1.33. The molecule has 1 fully saturated rings. The Labute approximate surface area is 209 Å². The van der Waals surface area contributed by atoms with Crippen molar-refractivity contribution in [2.75, 3.05) is 5.32 Å². The quantitative estimate of drug-likeness (QED) is 0.370. The van der Waals surface area contributed by atoms with Gasteiger partial charge in [-0.25, -0.2) is 4.98 Å². The second-order valence-corrected chi connectivity index (χ2v) is 9.87. The van der Waals surface area contributed by atoms with Crippen molar-refractivity contribution in [3.63, 3.8) is 0 Å². The lowest BCUT2D eigenvalue weighted by Gasteiger charge is -2.12. The number of nitrogens with zero attached hydrogens (tertiary/aromatic N) is 4. The molecule has 36 heavy (non-hydrogen) atoms. The fourth-order valence-electron chi connectivity index (χ4n) is 5.87. The third-order valence-corrected chi connectivity index (χ3v) is 7.63. The van der Waals surface area contributed by atoms with Gasteiger partial charge in [0.2, 0.25) is 5.95 Å². The van der Waals surface area contributed by atoms with E-state index >= 15 is 0 Å². The molecule has 6 nitrogen and oxygen atoms in total. The van der Waals surface area contributed by atoms with Gasteiger partial charge in [0.15, 0.2) is 11.2 Å². The molecule has 0 spiro atoms. The van der Waals surface area contributed by atoms with Crippen LogP contribution >= 0.6 is 0 Å². The number of hydrogen-bond donors (Lipinski definition) is 1. The van der Waals surface area contributed by atoms with Crippen LogP contribution in [0.15, 0.2) is 89.7 Å². The van der Waals surface area contributed by atoms with E-state index in [9.17, 15) is 4.79 Å². The van der Waals surface area contributed by atoms with E-state index in [0.29, 0.717) is 36.5 Å². The minimum absolute atomic E-state index is 0.210. The Morgan fingerprint density at radius 1 is 0.806 bits per heavy atom. The van der Waals surface area contributed by atoms with Gasteiger partial charge in [0.05, 0.1) is 6.04 Å². The fraction of sp³-hybridized carbons (Fsp3) is 0.233. The smallest absolute Gasteiger partial charge is 0.300 e. The minimum Gasteiger partial charge on any atom is -0.351 e. The van der Waals surface area contributed by atoms with Crippen LogP contribution in [0.4, 0.5) is 5.95 Å². The number of fused-ring (bicyclic) bond motifs is 5. The van der Waals surface area contributed by atoms with Crippen LogP contribution in [0.5, 0.6) is 0 Å². The van der Waals surface area contributed by atoms with E-state index in [0.717, 1.165) is 29.9 Å². The molecule has 1 aliphatic heterocycles. The fourth-order valence-corrected chi connectivity index (χ4v) is 5.87. The summed E-state index contributed by atoms with van der Waals surface area (Å²) in [6.07, 6.45) is 4.02. The van der Waals surface area contributed by atoms with Crippen LogP contribution in [-0.2, 0) is 13.0 Å². The first kappa shape index (κ1) is 21.1. The van der Waals surface area contributed by atoms with Crippen LogP contribution in [0, 0.1) is 0 Å². The molecule has 2 aliphatic rings. The maximum atomic E-state index is 13.3. The zero-order chi connectivity index (χ0) is 24.1. The Kier molecular flexibility index (Phi) is 4.98. The van der Waals surface area contributed by atoms with E-state index in [4.69, 9.17) is 4.98 Å². The molecular formula is C30H27N5O. The third-order valence-electron chi connectivity index (χ3n) is 7.63. The van der Waals surface area contributed by atoms with Gasteiger partial charge in [0.25, 0.3) is 0 Å². The van der Waals surface area contributed by atoms with E-state index in [-0.39, 0.29) is 5.56 Å². The Morgan fingerprint density at radius 2 is 1.53 bits per heavy atom. The van der Waals surface area contributed by atoms with E-state index in [2.05, 4.69) is 80.1 Å². The first-order valence-electron chi connectivity index (χ1n) is 12.7. The number of aromatic nitrogens is 4. The second kappa shape index (κ2) is 8.48. The van der Waals surface area contributed by atoms with Crippen LogP contribution in [-0.4, -0.2) is 25.1 Å². The van der Waals surface area contributed by atoms with Gasteiger partial charge in [-0.05, 0) is 41.5 Å². The molecule has 0 unspecified atom stereocenters. The molecule has 178 valence electrons. The van der Waals surface area contributed by atoms with Crippen LogP contribution in [0.2, 0.25) is 0 Å². The molecule has 1 saturated carbocycles. The van der Waals surface area contributed by atoms with Gasteiger partial charge in [0.1, 0.15) is 5.82 Å². The predicted molar refractivity (Wildman–Crippen MR) is 142 cm³/mol. The van der Waals surface area contributed by atoms with Crippen LogP contribution in [0.1, 0.15) is 42.3 Å². The summed E-state index contributed by atoms with van der Waals surface area (Å²) in [4.78, 5) is 22.9. The van der Waals surface area contributed by atoms with Crippen LogP contribution in [0.3, 0.4) is 0 Å². The summed E-state index contributed by atoms with van der Waals surface area (Å²) in [5, 5.41) is 3.48. The van der Waals surface area contributed by atoms with Crippen molar-refractivity contribution in [2.45, 2.75) is 44.3 Å². The molecule has 3 heterocycles. The average Bonchev–Trinajstić information content (AvgIpc) is 3.59. The molecule has 7 rings (SSSR count). The van der Waals surface area contributed by atoms with Crippen molar-refractivity contribution in [1.29, 1.82) is 0 Å². The SMILES string of the molecule is O=c1nc2n(c3nc(Cc4ccc(-c5ccccc5)cc4)n(Cc4ccccc4)c13)[C@H]1CCC[C@H]1N2. The summed E-state index contributed by atoms with van der Waals surface area (Å²) in [7, 11) is 0. The molecule has 1 aliphatic carbocycles. The molecule has 3 aromatic carbocycles. The van der Waals surface area contributed by atoms with E-state index in [1.165, 1.54) is 23.1 Å². The number of hydrogen-bond acceptors (Lipinski definition) is 4. The molecule has 0 amide bonds. The zero-order valence-electron chi connectivity index (χ0n) is 20.0. The van der Waals surface area contributed by atoms with Gasteiger partial charge >= 0.3 is 5.56 Å². The lowest BCUT2D eigenvalue weighted by molar-refractivity contribution is 0.542. The average molecular weight is 474 g/mol. The minimum atomic E-state index is -0.210. The van der Waals surface area contributed by atoms with Crippen LogP contribution < -0.4 is 10.9 Å². The number of benzene rings is 3. The van der Waals surface area contributed by atoms with Crippen molar-refractivity contribution in [1.82, 2.24) is 19.1 Å². The molecule has 1 N–H and O–H groups in total. The molecular weight excluding hydrogens is 446 g/mol.